The van der Waals surface area contributed by atoms with Crippen molar-refractivity contribution in [2.24, 2.45) is 17.8 Å². The van der Waals surface area contributed by atoms with Crippen LogP contribution in [0.15, 0.2) is 18.2 Å². The molecule has 24 heavy (non-hydrogen) atoms. The van der Waals surface area contributed by atoms with Gasteiger partial charge in [0.05, 0.1) is 0 Å². The molecule has 0 nitrogen and oxygen atoms in total. The molecule has 1 aromatic carbocycles. The van der Waals surface area contributed by atoms with Crippen molar-refractivity contribution >= 4 is 0 Å². The zero-order chi connectivity index (χ0) is 16.9. The average Bonchev–Trinajstić information content (AvgIpc) is 2.57. The Labute approximate surface area is 146 Å². The Bertz CT molecular complexity index is 504. The number of hydrogen-bond acceptors (Lipinski definition) is 0. The molecule has 2 saturated carbocycles. The van der Waals surface area contributed by atoms with Crippen LogP contribution in [0.2, 0.25) is 0 Å². The van der Waals surface area contributed by atoms with Gasteiger partial charge in [-0.1, -0.05) is 45.4 Å². The highest BCUT2D eigenvalue weighted by Crippen LogP contribution is 2.48. The lowest BCUT2D eigenvalue weighted by molar-refractivity contribution is 0.113. The molecule has 0 aliphatic heterocycles. The molecule has 2 aliphatic rings. The molecule has 0 saturated heterocycles. The Hall–Kier alpha value is -0.920. The predicted octanol–water partition coefficient (Wildman–Crippen LogP) is 7.24. The van der Waals surface area contributed by atoms with Crippen LogP contribution in [0.25, 0.3) is 0 Å². The summed E-state index contributed by atoms with van der Waals surface area (Å²) >= 11 is 0. The first-order valence-corrected chi connectivity index (χ1v) is 10.1. The minimum absolute atomic E-state index is 0.359. The van der Waals surface area contributed by atoms with E-state index in [0.717, 1.165) is 42.2 Å². The Balaban J connectivity index is 1.51. The van der Waals surface area contributed by atoms with Crippen molar-refractivity contribution in [2.45, 2.75) is 83.5 Å². The Kier molecular flexibility index (Phi) is 6.30. The first-order valence-electron chi connectivity index (χ1n) is 10.1. The van der Waals surface area contributed by atoms with Gasteiger partial charge in [-0.3, -0.25) is 0 Å². The number of unbranched alkanes of at least 4 members (excludes halogenated alkanes) is 3. The van der Waals surface area contributed by atoms with Crippen molar-refractivity contribution in [3.05, 3.63) is 35.4 Å². The maximum atomic E-state index is 13.5. The summed E-state index contributed by atoms with van der Waals surface area (Å²) in [6.07, 6.45) is 14.5. The van der Waals surface area contributed by atoms with E-state index in [1.165, 1.54) is 57.8 Å². The van der Waals surface area contributed by atoms with Gasteiger partial charge in [0.1, 0.15) is 11.6 Å². The van der Waals surface area contributed by atoms with Crippen LogP contribution >= 0.6 is 0 Å². The molecule has 1 unspecified atom stereocenters. The van der Waals surface area contributed by atoms with Crippen LogP contribution in [0.1, 0.15) is 89.0 Å². The van der Waals surface area contributed by atoms with Gasteiger partial charge in [0.15, 0.2) is 0 Å². The van der Waals surface area contributed by atoms with E-state index >= 15 is 0 Å². The Morgan fingerprint density at radius 1 is 0.833 bits per heavy atom. The third kappa shape index (κ3) is 4.58. The highest BCUT2D eigenvalue weighted by molar-refractivity contribution is 5.22. The second-order valence-electron chi connectivity index (χ2n) is 8.26. The first kappa shape index (κ1) is 17.9. The summed E-state index contributed by atoms with van der Waals surface area (Å²) in [6.45, 7) is 2.27. The molecule has 0 heterocycles. The Morgan fingerprint density at radius 2 is 1.54 bits per heavy atom. The molecular formula is C22H32F2. The molecule has 1 aromatic rings. The number of hydrogen-bond donors (Lipinski definition) is 0. The SMILES string of the molecule is CCCCCCC1CC[C@@H]2C[C@H](c3cc(F)cc(F)c3)CC[C@@H]2C1. The smallest absolute Gasteiger partial charge is 0.126 e. The summed E-state index contributed by atoms with van der Waals surface area (Å²) < 4.78 is 27.0. The fourth-order valence-electron chi connectivity index (χ4n) is 5.22. The molecule has 0 radical (unpaired) electrons. The van der Waals surface area contributed by atoms with E-state index in [1.807, 2.05) is 0 Å². The van der Waals surface area contributed by atoms with Gasteiger partial charge >= 0.3 is 0 Å². The van der Waals surface area contributed by atoms with E-state index in [4.69, 9.17) is 0 Å². The lowest BCUT2D eigenvalue weighted by atomic mass is 9.63. The van der Waals surface area contributed by atoms with Gasteiger partial charge in [-0.25, -0.2) is 8.78 Å². The molecule has 0 bridgehead atoms. The van der Waals surface area contributed by atoms with E-state index in [0.29, 0.717) is 5.92 Å². The fraction of sp³-hybridized carbons (Fsp3) is 0.727. The molecule has 134 valence electrons. The van der Waals surface area contributed by atoms with E-state index in [2.05, 4.69) is 6.92 Å². The Morgan fingerprint density at radius 3 is 2.29 bits per heavy atom. The van der Waals surface area contributed by atoms with Crippen molar-refractivity contribution in [2.75, 3.05) is 0 Å². The van der Waals surface area contributed by atoms with Crippen molar-refractivity contribution in [1.82, 2.24) is 0 Å². The second kappa shape index (κ2) is 8.45. The summed E-state index contributed by atoms with van der Waals surface area (Å²) in [5.41, 5.74) is 0.882. The van der Waals surface area contributed by atoms with Gasteiger partial charge in [0.25, 0.3) is 0 Å². The van der Waals surface area contributed by atoms with Crippen molar-refractivity contribution in [1.29, 1.82) is 0 Å². The lowest BCUT2D eigenvalue weighted by Crippen LogP contribution is -2.30. The van der Waals surface area contributed by atoms with Gasteiger partial charge in [-0.15, -0.1) is 0 Å². The van der Waals surface area contributed by atoms with Crippen molar-refractivity contribution in [3.63, 3.8) is 0 Å². The number of fused-ring (bicyclic) bond motifs is 1. The van der Waals surface area contributed by atoms with Crippen molar-refractivity contribution in [3.8, 4) is 0 Å². The minimum atomic E-state index is -0.428. The van der Waals surface area contributed by atoms with E-state index in [9.17, 15) is 8.78 Å². The average molecular weight is 334 g/mol. The van der Waals surface area contributed by atoms with Crippen LogP contribution in [0.3, 0.4) is 0 Å². The van der Waals surface area contributed by atoms with Crippen LogP contribution in [-0.4, -0.2) is 0 Å². The van der Waals surface area contributed by atoms with Crippen LogP contribution in [0.4, 0.5) is 8.78 Å². The van der Waals surface area contributed by atoms with Gasteiger partial charge in [-0.2, -0.15) is 0 Å². The highest BCUT2D eigenvalue weighted by atomic mass is 19.1. The molecule has 0 N–H and O–H groups in total. The molecule has 2 fully saturated rings. The standard InChI is InChI=1S/C22H32F2/c1-2-3-4-5-6-16-7-8-18-12-19(10-9-17(18)11-16)20-13-21(23)15-22(24)14-20/h13-19H,2-12H2,1H3/t16?,17-,18-,19-/m1/s1. The molecule has 2 aliphatic carbocycles. The van der Waals surface area contributed by atoms with Crippen LogP contribution in [0.5, 0.6) is 0 Å². The fourth-order valence-corrected chi connectivity index (χ4v) is 5.22. The second-order valence-corrected chi connectivity index (χ2v) is 8.26. The molecular weight excluding hydrogens is 302 g/mol. The monoisotopic (exact) mass is 334 g/mol. The topological polar surface area (TPSA) is 0 Å². The zero-order valence-corrected chi connectivity index (χ0v) is 15.1. The third-order valence-corrected chi connectivity index (χ3v) is 6.54. The molecule has 0 aromatic heterocycles. The maximum absolute atomic E-state index is 13.5. The molecule has 3 rings (SSSR count). The van der Waals surface area contributed by atoms with Crippen LogP contribution < -0.4 is 0 Å². The summed E-state index contributed by atoms with van der Waals surface area (Å²) in [4.78, 5) is 0. The molecule has 4 atom stereocenters. The summed E-state index contributed by atoms with van der Waals surface area (Å²) in [5, 5.41) is 0. The van der Waals surface area contributed by atoms with Gasteiger partial charge < -0.3 is 0 Å². The largest absolute Gasteiger partial charge is 0.207 e. The number of rotatable bonds is 6. The summed E-state index contributed by atoms with van der Waals surface area (Å²) in [5.74, 6) is 2.08. The number of halogens is 2. The summed E-state index contributed by atoms with van der Waals surface area (Å²) in [7, 11) is 0. The molecule has 0 spiro atoms. The normalized spacial score (nSPS) is 30.1. The lowest BCUT2D eigenvalue weighted by Gasteiger charge is -2.42. The van der Waals surface area contributed by atoms with E-state index < -0.39 is 11.6 Å². The zero-order valence-electron chi connectivity index (χ0n) is 15.1. The molecule has 0 amide bonds. The van der Waals surface area contributed by atoms with Gasteiger partial charge in [0.2, 0.25) is 0 Å². The summed E-state index contributed by atoms with van der Waals surface area (Å²) in [6, 6.07) is 4.08. The van der Waals surface area contributed by atoms with Gasteiger partial charge in [-0.05, 0) is 73.5 Å². The van der Waals surface area contributed by atoms with E-state index in [1.54, 1.807) is 12.1 Å². The third-order valence-electron chi connectivity index (χ3n) is 6.54. The predicted molar refractivity (Wildman–Crippen MR) is 96.0 cm³/mol. The number of benzene rings is 1. The quantitative estimate of drug-likeness (QED) is 0.481. The highest BCUT2D eigenvalue weighted by Gasteiger charge is 2.35. The maximum Gasteiger partial charge on any atom is 0.126 e. The minimum Gasteiger partial charge on any atom is -0.207 e. The van der Waals surface area contributed by atoms with Gasteiger partial charge in [0, 0.05) is 6.07 Å². The molecule has 2 heteroatoms. The van der Waals surface area contributed by atoms with E-state index in [-0.39, 0.29) is 0 Å². The first-order chi connectivity index (χ1) is 11.7. The van der Waals surface area contributed by atoms with Crippen molar-refractivity contribution < 1.29 is 8.78 Å². The van der Waals surface area contributed by atoms with Crippen LogP contribution in [0, 0.1) is 29.4 Å². The van der Waals surface area contributed by atoms with Crippen LogP contribution in [-0.2, 0) is 0 Å².